The molecule has 0 aliphatic heterocycles. The molecule has 0 saturated heterocycles. The summed E-state index contributed by atoms with van der Waals surface area (Å²) < 4.78 is 6.73. The van der Waals surface area contributed by atoms with Crippen LogP contribution in [-0.2, 0) is 30.7 Å². The first-order valence-electron chi connectivity index (χ1n) is 11.9. The van der Waals surface area contributed by atoms with Crippen LogP contribution in [0.15, 0.2) is 42.6 Å². The van der Waals surface area contributed by atoms with E-state index in [0.29, 0.717) is 24.3 Å². The number of tetrazole rings is 1. The highest BCUT2D eigenvalue weighted by molar-refractivity contribution is 7.12. The molecule has 1 N–H and O–H groups in total. The molecule has 3 heterocycles. The maximum absolute atomic E-state index is 13.9. The SMILES string of the molecule is CCCCc1ncc(C(=O)N(Cc2ccc(CC)s2)c2nn[nH]n2)n1Cc1ccc(C(=O)OC)cc1. The number of hydrogen-bond acceptors (Lipinski definition) is 8. The number of esters is 1. The summed E-state index contributed by atoms with van der Waals surface area (Å²) in [5, 5.41) is 14.3. The Kier molecular flexibility index (Phi) is 8.21. The van der Waals surface area contributed by atoms with E-state index < -0.39 is 0 Å². The average Bonchev–Trinajstić information content (AvgIpc) is 3.67. The van der Waals surface area contributed by atoms with Gasteiger partial charge in [-0.15, -0.1) is 16.4 Å². The predicted molar refractivity (Wildman–Crippen MR) is 136 cm³/mol. The Morgan fingerprint density at radius 2 is 1.89 bits per heavy atom. The zero-order valence-electron chi connectivity index (χ0n) is 20.6. The van der Waals surface area contributed by atoms with Gasteiger partial charge in [0.05, 0.1) is 25.4 Å². The molecule has 0 saturated carbocycles. The van der Waals surface area contributed by atoms with E-state index in [9.17, 15) is 9.59 Å². The van der Waals surface area contributed by atoms with Gasteiger partial charge in [0.25, 0.3) is 11.9 Å². The number of nitrogens with zero attached hydrogens (tertiary/aromatic N) is 6. The lowest BCUT2D eigenvalue weighted by molar-refractivity contribution is 0.0600. The highest BCUT2D eigenvalue weighted by Crippen LogP contribution is 2.23. The molecule has 0 unspecified atom stereocenters. The molecule has 0 radical (unpaired) electrons. The van der Waals surface area contributed by atoms with Gasteiger partial charge in [0, 0.05) is 22.7 Å². The van der Waals surface area contributed by atoms with E-state index in [0.717, 1.165) is 41.9 Å². The number of nitrogens with one attached hydrogen (secondary N) is 1. The van der Waals surface area contributed by atoms with E-state index >= 15 is 0 Å². The molecule has 4 aromatic rings. The van der Waals surface area contributed by atoms with Crippen LogP contribution < -0.4 is 4.90 Å². The van der Waals surface area contributed by atoms with Gasteiger partial charge in [0.2, 0.25) is 0 Å². The molecule has 1 aromatic carbocycles. The summed E-state index contributed by atoms with van der Waals surface area (Å²) in [5.41, 5.74) is 1.85. The molecule has 36 heavy (non-hydrogen) atoms. The summed E-state index contributed by atoms with van der Waals surface area (Å²) in [5.74, 6) is 0.384. The van der Waals surface area contributed by atoms with Crippen LogP contribution in [0.1, 0.15) is 68.7 Å². The quantitative estimate of drug-likeness (QED) is 0.304. The standard InChI is InChI=1S/C25H29N7O3S/c1-4-6-7-22-26-14-21(31(22)15-17-8-10-18(11-9-17)24(34)35-3)23(33)32(25-27-29-30-28-25)16-20-13-12-19(5-2)36-20/h8-14H,4-7,15-16H2,1-3H3,(H,27,28,29,30). The number of rotatable bonds is 11. The number of imidazole rings is 1. The molecule has 0 atom stereocenters. The minimum Gasteiger partial charge on any atom is -0.465 e. The molecule has 0 bridgehead atoms. The summed E-state index contributed by atoms with van der Waals surface area (Å²) in [6.45, 7) is 4.98. The van der Waals surface area contributed by atoms with Gasteiger partial charge in [0.1, 0.15) is 11.5 Å². The summed E-state index contributed by atoms with van der Waals surface area (Å²) in [7, 11) is 1.36. The van der Waals surface area contributed by atoms with E-state index in [-0.39, 0.29) is 17.8 Å². The van der Waals surface area contributed by atoms with Crippen molar-refractivity contribution >= 4 is 29.2 Å². The second-order valence-electron chi connectivity index (χ2n) is 8.26. The number of aromatic nitrogens is 6. The Morgan fingerprint density at radius 1 is 1.11 bits per heavy atom. The van der Waals surface area contributed by atoms with Crippen LogP contribution in [0.5, 0.6) is 0 Å². The Balaban J connectivity index is 1.67. The smallest absolute Gasteiger partial charge is 0.337 e. The fraction of sp³-hybridized carbons (Fsp3) is 0.360. The lowest BCUT2D eigenvalue weighted by Gasteiger charge is -2.19. The number of hydrogen-bond donors (Lipinski definition) is 1. The van der Waals surface area contributed by atoms with Crippen molar-refractivity contribution in [2.24, 2.45) is 0 Å². The third-order valence-corrected chi connectivity index (χ3v) is 7.04. The van der Waals surface area contributed by atoms with Gasteiger partial charge in [-0.2, -0.15) is 5.21 Å². The molecule has 1 amide bonds. The number of aromatic amines is 1. The van der Waals surface area contributed by atoms with Gasteiger partial charge >= 0.3 is 5.97 Å². The summed E-state index contributed by atoms with van der Waals surface area (Å²) in [6.07, 6.45) is 5.27. The summed E-state index contributed by atoms with van der Waals surface area (Å²) in [4.78, 5) is 34.1. The van der Waals surface area contributed by atoms with E-state index in [1.165, 1.54) is 16.9 Å². The molecular formula is C25H29N7O3S. The molecular weight excluding hydrogens is 478 g/mol. The van der Waals surface area contributed by atoms with Crippen LogP contribution in [0.25, 0.3) is 0 Å². The van der Waals surface area contributed by atoms with Crippen LogP contribution in [0.4, 0.5) is 5.95 Å². The molecule has 0 spiro atoms. The third-order valence-electron chi connectivity index (χ3n) is 5.83. The third kappa shape index (κ3) is 5.68. The van der Waals surface area contributed by atoms with Crippen molar-refractivity contribution in [3.8, 4) is 0 Å². The maximum Gasteiger partial charge on any atom is 0.337 e. The number of carbonyl (C=O) groups is 2. The minimum atomic E-state index is -0.390. The molecule has 11 heteroatoms. The first-order chi connectivity index (χ1) is 17.5. The highest BCUT2D eigenvalue weighted by Gasteiger charge is 2.27. The molecule has 188 valence electrons. The monoisotopic (exact) mass is 507 g/mol. The lowest BCUT2D eigenvalue weighted by atomic mass is 10.1. The van der Waals surface area contributed by atoms with Gasteiger partial charge in [-0.05, 0) is 47.9 Å². The first kappa shape index (κ1) is 25.2. The van der Waals surface area contributed by atoms with E-state index in [1.807, 2.05) is 22.8 Å². The molecule has 0 aliphatic rings. The average molecular weight is 508 g/mol. The Hall–Kier alpha value is -3.86. The van der Waals surface area contributed by atoms with E-state index in [1.54, 1.807) is 29.7 Å². The summed E-state index contributed by atoms with van der Waals surface area (Å²) >= 11 is 1.66. The van der Waals surface area contributed by atoms with Crippen molar-refractivity contribution in [1.82, 2.24) is 30.2 Å². The Morgan fingerprint density at radius 3 is 2.53 bits per heavy atom. The topological polar surface area (TPSA) is 119 Å². The van der Waals surface area contributed by atoms with E-state index in [2.05, 4.69) is 45.5 Å². The van der Waals surface area contributed by atoms with Crippen molar-refractivity contribution in [2.45, 2.75) is 52.6 Å². The van der Waals surface area contributed by atoms with Crippen molar-refractivity contribution < 1.29 is 14.3 Å². The lowest BCUT2D eigenvalue weighted by Crippen LogP contribution is -2.33. The Labute approximate surface area is 213 Å². The van der Waals surface area contributed by atoms with Gasteiger partial charge in [-0.25, -0.2) is 9.78 Å². The largest absolute Gasteiger partial charge is 0.465 e. The van der Waals surface area contributed by atoms with E-state index in [4.69, 9.17) is 4.74 Å². The molecule has 10 nitrogen and oxygen atoms in total. The van der Waals surface area contributed by atoms with Crippen molar-refractivity contribution in [3.63, 3.8) is 0 Å². The number of methoxy groups -OCH3 is 1. The maximum atomic E-state index is 13.9. The number of carbonyl (C=O) groups excluding carboxylic acids is 2. The summed E-state index contributed by atoms with van der Waals surface area (Å²) in [6, 6.07) is 11.3. The zero-order chi connectivity index (χ0) is 25.5. The van der Waals surface area contributed by atoms with Crippen molar-refractivity contribution in [1.29, 1.82) is 0 Å². The van der Waals surface area contributed by atoms with Crippen molar-refractivity contribution in [3.05, 3.63) is 75.0 Å². The van der Waals surface area contributed by atoms with Crippen LogP contribution in [-0.4, -0.2) is 49.2 Å². The number of anilines is 1. The van der Waals surface area contributed by atoms with Crippen LogP contribution in [0.3, 0.4) is 0 Å². The number of unbranched alkanes of at least 4 members (excludes halogenated alkanes) is 1. The second-order valence-corrected chi connectivity index (χ2v) is 9.52. The number of amides is 1. The van der Waals surface area contributed by atoms with Gasteiger partial charge in [0.15, 0.2) is 0 Å². The second kappa shape index (κ2) is 11.7. The normalized spacial score (nSPS) is 11.0. The number of ether oxygens (including phenoxy) is 1. The zero-order valence-corrected chi connectivity index (χ0v) is 21.4. The number of thiophene rings is 1. The van der Waals surface area contributed by atoms with Crippen LogP contribution in [0, 0.1) is 0 Å². The number of H-pyrrole nitrogens is 1. The van der Waals surface area contributed by atoms with Crippen LogP contribution >= 0.6 is 11.3 Å². The fourth-order valence-corrected chi connectivity index (χ4v) is 4.78. The molecule has 4 rings (SSSR count). The van der Waals surface area contributed by atoms with Crippen LogP contribution in [0.2, 0.25) is 0 Å². The molecule has 3 aromatic heterocycles. The highest BCUT2D eigenvalue weighted by atomic mass is 32.1. The van der Waals surface area contributed by atoms with Gasteiger partial charge in [-0.3, -0.25) is 9.69 Å². The fourth-order valence-electron chi connectivity index (χ4n) is 3.84. The predicted octanol–water partition coefficient (Wildman–Crippen LogP) is 4.04. The number of aryl methyl sites for hydroxylation is 2. The number of benzene rings is 1. The Bertz CT molecular complexity index is 1300. The van der Waals surface area contributed by atoms with Gasteiger partial charge in [-0.1, -0.05) is 37.5 Å². The molecule has 0 fully saturated rings. The van der Waals surface area contributed by atoms with Gasteiger partial charge < -0.3 is 9.30 Å². The molecule has 0 aliphatic carbocycles. The minimum absolute atomic E-state index is 0.205. The van der Waals surface area contributed by atoms with Crippen molar-refractivity contribution in [2.75, 3.05) is 12.0 Å². The first-order valence-corrected chi connectivity index (χ1v) is 12.7.